The van der Waals surface area contributed by atoms with Gasteiger partial charge in [-0.05, 0) is 12.8 Å². The minimum atomic E-state index is 0.894. The van der Waals surface area contributed by atoms with Crippen molar-refractivity contribution in [3.05, 3.63) is 59.7 Å². The minimum Gasteiger partial charge on any atom is -0.0935 e. The molecule has 0 fully saturated rings. The summed E-state index contributed by atoms with van der Waals surface area (Å²) in [6.07, 6.45) is 2.03. The molecule has 0 saturated heterocycles. The Bertz CT molecular complexity index is 492. The van der Waals surface area contributed by atoms with Gasteiger partial charge in [-0.25, -0.2) is 0 Å². The van der Waals surface area contributed by atoms with Gasteiger partial charge in [0.2, 0.25) is 0 Å². The first-order valence-corrected chi connectivity index (χ1v) is 6.02. The number of hydrogen-bond donors (Lipinski definition) is 0. The van der Waals surface area contributed by atoms with Crippen molar-refractivity contribution in [2.24, 2.45) is 0 Å². The molecule has 0 spiro atoms. The first-order chi connectivity index (χ1) is 8.31. The summed E-state index contributed by atoms with van der Waals surface area (Å²) in [7, 11) is 8.10. The lowest BCUT2D eigenvalue weighted by Crippen LogP contribution is -2.18. The van der Waals surface area contributed by atoms with Gasteiger partial charge in [0.05, 0.1) is 0 Å². The summed E-state index contributed by atoms with van der Waals surface area (Å²) in [5, 5.41) is 0. The van der Waals surface area contributed by atoms with Crippen LogP contribution in [0.4, 0.5) is 0 Å². The van der Waals surface area contributed by atoms with Crippen molar-refractivity contribution in [2.45, 2.75) is 19.7 Å². The van der Waals surface area contributed by atoms with Gasteiger partial charge >= 0.3 is 0 Å². The van der Waals surface area contributed by atoms with Crippen molar-refractivity contribution < 1.29 is 0 Å². The van der Waals surface area contributed by atoms with Crippen molar-refractivity contribution in [2.75, 3.05) is 0 Å². The number of rotatable bonds is 4. The summed E-state index contributed by atoms with van der Waals surface area (Å²) in [5.74, 6) is 0. The summed E-state index contributed by atoms with van der Waals surface area (Å²) in [5.41, 5.74) is 4.84. The lowest BCUT2D eigenvalue weighted by Gasteiger charge is -2.09. The van der Waals surface area contributed by atoms with Gasteiger partial charge in [-0.1, -0.05) is 77.4 Å². The third kappa shape index (κ3) is 3.03. The lowest BCUT2D eigenvalue weighted by atomic mass is 9.70. The Morgan fingerprint density at radius 2 is 1.47 bits per heavy atom. The summed E-state index contributed by atoms with van der Waals surface area (Å²) < 4.78 is 0. The molecule has 0 heterocycles. The molecule has 81 valence electrons. The van der Waals surface area contributed by atoms with E-state index in [1.54, 1.807) is 0 Å². The van der Waals surface area contributed by atoms with E-state index in [0.29, 0.717) is 0 Å². The number of aryl methyl sites for hydroxylation is 2. The molecular weight excluding hydrogens is 202 g/mol. The van der Waals surface area contributed by atoms with Gasteiger partial charge in [-0.3, -0.25) is 0 Å². The molecule has 0 aliphatic rings. The summed E-state index contributed by atoms with van der Waals surface area (Å²) >= 11 is 0. The molecule has 0 nitrogen and oxygen atoms in total. The first kappa shape index (κ1) is 12.0. The van der Waals surface area contributed by atoms with Crippen LogP contribution in [0.2, 0.25) is 6.82 Å². The SMILES string of the molecule is [B]c1ccccc1CCc1ccccc1[B]C. The van der Waals surface area contributed by atoms with Gasteiger partial charge in [0.1, 0.15) is 15.1 Å². The van der Waals surface area contributed by atoms with E-state index in [4.69, 9.17) is 7.85 Å². The summed E-state index contributed by atoms with van der Waals surface area (Å²) in [6.45, 7) is 2.08. The molecule has 0 N–H and O–H groups in total. The first-order valence-electron chi connectivity index (χ1n) is 6.02. The second-order valence-corrected chi connectivity index (χ2v) is 4.19. The van der Waals surface area contributed by atoms with Crippen molar-refractivity contribution >= 4 is 26.1 Å². The highest BCUT2D eigenvalue weighted by molar-refractivity contribution is 6.52. The van der Waals surface area contributed by atoms with E-state index in [0.717, 1.165) is 18.3 Å². The van der Waals surface area contributed by atoms with E-state index in [9.17, 15) is 0 Å². The normalized spacial score (nSPS) is 10.2. The number of hydrogen-bond acceptors (Lipinski definition) is 0. The van der Waals surface area contributed by atoms with Gasteiger partial charge in [0.15, 0.2) is 0 Å². The van der Waals surface area contributed by atoms with Crippen molar-refractivity contribution in [3.8, 4) is 0 Å². The molecular formula is C15H15B2. The fourth-order valence-electron chi connectivity index (χ4n) is 2.07. The molecule has 0 aliphatic heterocycles. The molecule has 2 aromatic carbocycles. The molecule has 0 bridgehead atoms. The molecule has 0 aromatic heterocycles. The van der Waals surface area contributed by atoms with E-state index in [-0.39, 0.29) is 0 Å². The van der Waals surface area contributed by atoms with Crippen LogP contribution in [0.25, 0.3) is 0 Å². The summed E-state index contributed by atoms with van der Waals surface area (Å²) in [4.78, 5) is 0. The van der Waals surface area contributed by atoms with E-state index in [2.05, 4.69) is 44.4 Å². The maximum Gasteiger partial charge on any atom is 0.148 e. The Hall–Kier alpha value is -1.43. The molecule has 2 heteroatoms. The van der Waals surface area contributed by atoms with Crippen LogP contribution in [0.1, 0.15) is 11.1 Å². The fourth-order valence-corrected chi connectivity index (χ4v) is 2.07. The molecule has 0 aliphatic carbocycles. The largest absolute Gasteiger partial charge is 0.148 e. The highest BCUT2D eigenvalue weighted by Gasteiger charge is 2.02. The summed E-state index contributed by atoms with van der Waals surface area (Å²) in [6, 6.07) is 16.6. The molecule has 0 saturated carbocycles. The Labute approximate surface area is 106 Å². The van der Waals surface area contributed by atoms with Gasteiger partial charge in [-0.15, -0.1) is 0 Å². The quantitative estimate of drug-likeness (QED) is 0.682. The van der Waals surface area contributed by atoms with E-state index >= 15 is 0 Å². The molecule has 2 rings (SSSR count). The molecule has 0 amide bonds. The zero-order valence-corrected chi connectivity index (χ0v) is 10.2. The van der Waals surface area contributed by atoms with Crippen molar-refractivity contribution in [1.29, 1.82) is 0 Å². The highest BCUT2D eigenvalue weighted by atomic mass is 14.0. The van der Waals surface area contributed by atoms with Crippen LogP contribution in [-0.2, 0) is 12.8 Å². The van der Waals surface area contributed by atoms with Crippen LogP contribution in [0, 0.1) is 0 Å². The van der Waals surface area contributed by atoms with Gasteiger partial charge in [-0.2, -0.15) is 0 Å². The molecule has 2 aromatic rings. The number of benzene rings is 2. The van der Waals surface area contributed by atoms with Crippen LogP contribution < -0.4 is 10.9 Å². The van der Waals surface area contributed by atoms with Gasteiger partial charge < -0.3 is 0 Å². The van der Waals surface area contributed by atoms with Crippen LogP contribution in [-0.4, -0.2) is 15.1 Å². The highest BCUT2D eigenvalue weighted by Crippen LogP contribution is 2.04. The lowest BCUT2D eigenvalue weighted by molar-refractivity contribution is 0.973. The van der Waals surface area contributed by atoms with Gasteiger partial charge in [0.25, 0.3) is 0 Å². The minimum absolute atomic E-state index is 0.894. The predicted molar refractivity (Wildman–Crippen MR) is 76.9 cm³/mol. The van der Waals surface area contributed by atoms with Crippen molar-refractivity contribution in [3.63, 3.8) is 0 Å². The average Bonchev–Trinajstić information content (AvgIpc) is 2.38. The van der Waals surface area contributed by atoms with Crippen molar-refractivity contribution in [1.82, 2.24) is 0 Å². The Morgan fingerprint density at radius 1 is 0.882 bits per heavy atom. The molecule has 17 heavy (non-hydrogen) atoms. The molecule has 3 radical (unpaired) electrons. The monoisotopic (exact) mass is 217 g/mol. The van der Waals surface area contributed by atoms with Crippen LogP contribution in [0.3, 0.4) is 0 Å². The maximum atomic E-state index is 5.95. The zero-order valence-electron chi connectivity index (χ0n) is 10.2. The Kier molecular flexibility index (Phi) is 4.08. The standard InChI is InChI=1S/C15H15B2/c1-17-15-9-5-3-7-13(15)11-10-12-6-2-4-8-14(12)16/h2-9H,10-11H2,1H3. The predicted octanol–water partition coefficient (Wildman–Crippen LogP) is 1.64. The van der Waals surface area contributed by atoms with Gasteiger partial charge in [0, 0.05) is 0 Å². The van der Waals surface area contributed by atoms with E-state index in [1.807, 2.05) is 18.2 Å². The van der Waals surface area contributed by atoms with Crippen LogP contribution in [0.5, 0.6) is 0 Å². The second-order valence-electron chi connectivity index (χ2n) is 4.19. The topological polar surface area (TPSA) is 0 Å². The van der Waals surface area contributed by atoms with Crippen LogP contribution >= 0.6 is 0 Å². The second kappa shape index (κ2) is 5.77. The zero-order chi connectivity index (χ0) is 12.1. The third-order valence-electron chi connectivity index (χ3n) is 3.08. The van der Waals surface area contributed by atoms with E-state index in [1.165, 1.54) is 16.6 Å². The maximum absolute atomic E-state index is 5.95. The molecule has 0 atom stereocenters. The molecule has 0 unspecified atom stereocenters. The average molecular weight is 217 g/mol. The Morgan fingerprint density at radius 3 is 2.18 bits per heavy atom. The van der Waals surface area contributed by atoms with E-state index < -0.39 is 0 Å². The van der Waals surface area contributed by atoms with Crippen LogP contribution in [0.15, 0.2) is 48.5 Å². The fraction of sp³-hybridized carbons (Fsp3) is 0.200. The third-order valence-corrected chi connectivity index (χ3v) is 3.08. The smallest absolute Gasteiger partial charge is 0.0935 e. The Balaban J connectivity index is 2.10.